The number of likely N-dealkylation sites (tertiary alicyclic amines) is 1. The number of methoxy groups -OCH3 is 1. The molecule has 1 heterocycles. The van der Waals surface area contributed by atoms with Crippen molar-refractivity contribution in [2.45, 2.75) is 32.7 Å². The predicted octanol–water partition coefficient (Wildman–Crippen LogP) is 3.44. The molecule has 1 spiro atoms. The Kier molecular flexibility index (Phi) is 4.25. The van der Waals surface area contributed by atoms with E-state index < -0.39 is 5.41 Å². The lowest BCUT2D eigenvalue weighted by Crippen LogP contribution is -2.35. The van der Waals surface area contributed by atoms with Gasteiger partial charge in [-0.2, -0.15) is 0 Å². The molecule has 0 aromatic heterocycles. The smallest absolute Gasteiger partial charge is 0.338 e. The van der Waals surface area contributed by atoms with Gasteiger partial charge in [-0.3, -0.25) is 4.79 Å². The zero-order valence-electron chi connectivity index (χ0n) is 15.5. The van der Waals surface area contributed by atoms with E-state index in [1.807, 2.05) is 23.1 Å². The van der Waals surface area contributed by atoms with Crippen LogP contribution in [0.15, 0.2) is 36.4 Å². The van der Waals surface area contributed by atoms with E-state index in [0.29, 0.717) is 37.1 Å². The maximum absolute atomic E-state index is 13.8. The van der Waals surface area contributed by atoms with Crippen molar-refractivity contribution in [2.24, 2.45) is 5.41 Å². The van der Waals surface area contributed by atoms with Gasteiger partial charge in [0, 0.05) is 13.1 Å². The molecule has 1 amide bonds. The number of carbonyl (C=O) groups excluding carboxylic acids is 2. The Bertz CT molecular complexity index is 939. The predicted molar refractivity (Wildman–Crippen MR) is 98.8 cm³/mol. The molecule has 1 aliphatic carbocycles. The Morgan fingerprint density at radius 2 is 2.07 bits per heavy atom. The van der Waals surface area contributed by atoms with Gasteiger partial charge in [-0.05, 0) is 60.6 Å². The zero-order chi connectivity index (χ0) is 19.2. The van der Waals surface area contributed by atoms with E-state index in [-0.39, 0.29) is 17.7 Å². The van der Waals surface area contributed by atoms with Crippen LogP contribution < -0.4 is 0 Å². The van der Waals surface area contributed by atoms with Crippen LogP contribution in [0.3, 0.4) is 0 Å². The van der Waals surface area contributed by atoms with Crippen LogP contribution in [0.5, 0.6) is 0 Å². The molecule has 27 heavy (non-hydrogen) atoms. The van der Waals surface area contributed by atoms with Gasteiger partial charge in [-0.1, -0.05) is 24.3 Å². The molecule has 5 heteroatoms. The first-order chi connectivity index (χ1) is 12.9. The fraction of sp³-hybridized carbons (Fsp3) is 0.364. The summed E-state index contributed by atoms with van der Waals surface area (Å²) in [6, 6.07) is 10.7. The normalized spacial score (nSPS) is 21.0. The molecule has 0 radical (unpaired) electrons. The van der Waals surface area contributed by atoms with Gasteiger partial charge in [-0.15, -0.1) is 0 Å². The van der Waals surface area contributed by atoms with E-state index in [2.05, 4.69) is 0 Å². The largest absolute Gasteiger partial charge is 0.465 e. The fourth-order valence-electron chi connectivity index (χ4n) is 4.40. The monoisotopic (exact) mass is 367 g/mol. The molecular formula is C22H22FNO3. The molecule has 0 saturated carbocycles. The molecule has 0 bridgehead atoms. The van der Waals surface area contributed by atoms with Crippen molar-refractivity contribution in [3.05, 3.63) is 70.0 Å². The summed E-state index contributed by atoms with van der Waals surface area (Å²) in [6.45, 7) is 2.79. The van der Waals surface area contributed by atoms with Crippen LogP contribution in [-0.4, -0.2) is 30.4 Å². The minimum atomic E-state index is -0.490. The van der Waals surface area contributed by atoms with Crippen molar-refractivity contribution >= 4 is 11.9 Å². The van der Waals surface area contributed by atoms with Gasteiger partial charge in [0.05, 0.1) is 18.1 Å². The van der Waals surface area contributed by atoms with Crippen LogP contribution in [0.2, 0.25) is 0 Å². The number of hydrogen-bond acceptors (Lipinski definition) is 3. The maximum Gasteiger partial charge on any atom is 0.338 e. The van der Waals surface area contributed by atoms with E-state index >= 15 is 0 Å². The van der Waals surface area contributed by atoms with Gasteiger partial charge in [0.25, 0.3) is 0 Å². The molecule has 1 atom stereocenters. The summed E-state index contributed by atoms with van der Waals surface area (Å²) >= 11 is 0. The van der Waals surface area contributed by atoms with E-state index in [1.165, 1.54) is 13.2 Å². The van der Waals surface area contributed by atoms with Crippen LogP contribution >= 0.6 is 0 Å². The average Bonchev–Trinajstić information content (AvgIpc) is 3.19. The SMILES string of the molecule is COC(=O)c1cccc2c1CC1(CCN(Cc3ccc(C)c(F)c3)C1=O)C2. The fourth-order valence-corrected chi connectivity index (χ4v) is 4.40. The highest BCUT2D eigenvalue weighted by atomic mass is 19.1. The topological polar surface area (TPSA) is 46.6 Å². The Labute approximate surface area is 157 Å². The second-order valence-electron chi connectivity index (χ2n) is 7.63. The van der Waals surface area contributed by atoms with Gasteiger partial charge < -0.3 is 9.64 Å². The van der Waals surface area contributed by atoms with E-state index in [9.17, 15) is 14.0 Å². The van der Waals surface area contributed by atoms with Gasteiger partial charge in [0.2, 0.25) is 5.91 Å². The Balaban J connectivity index is 1.56. The highest BCUT2D eigenvalue weighted by Crippen LogP contribution is 2.46. The van der Waals surface area contributed by atoms with Gasteiger partial charge in [0.15, 0.2) is 0 Å². The van der Waals surface area contributed by atoms with Crippen molar-refractivity contribution in [1.29, 1.82) is 0 Å². The van der Waals surface area contributed by atoms with Gasteiger partial charge in [-0.25, -0.2) is 9.18 Å². The molecule has 1 aliphatic heterocycles. The summed E-state index contributed by atoms with van der Waals surface area (Å²) < 4.78 is 18.7. The second-order valence-corrected chi connectivity index (χ2v) is 7.63. The summed E-state index contributed by atoms with van der Waals surface area (Å²) in [5.41, 5.74) is 3.45. The van der Waals surface area contributed by atoms with E-state index in [1.54, 1.807) is 19.1 Å². The highest BCUT2D eigenvalue weighted by Gasteiger charge is 2.50. The molecule has 4 rings (SSSR count). The van der Waals surface area contributed by atoms with Crippen molar-refractivity contribution < 1.29 is 18.7 Å². The number of aryl methyl sites for hydroxylation is 1. The second kappa shape index (κ2) is 6.48. The quantitative estimate of drug-likeness (QED) is 0.781. The number of fused-ring (bicyclic) bond motifs is 1. The molecule has 1 unspecified atom stereocenters. The zero-order valence-corrected chi connectivity index (χ0v) is 15.5. The van der Waals surface area contributed by atoms with Crippen LogP contribution in [-0.2, 0) is 28.9 Å². The third-order valence-electron chi connectivity index (χ3n) is 5.93. The van der Waals surface area contributed by atoms with Crippen LogP contribution in [0.1, 0.15) is 39.0 Å². The Hall–Kier alpha value is -2.69. The summed E-state index contributed by atoms with van der Waals surface area (Å²) in [4.78, 5) is 27.1. The summed E-state index contributed by atoms with van der Waals surface area (Å²) in [7, 11) is 1.37. The van der Waals surface area contributed by atoms with Gasteiger partial charge in [0.1, 0.15) is 5.82 Å². The van der Waals surface area contributed by atoms with Crippen molar-refractivity contribution in [2.75, 3.05) is 13.7 Å². The third kappa shape index (κ3) is 2.91. The number of carbonyl (C=O) groups is 2. The van der Waals surface area contributed by atoms with Crippen LogP contribution in [0.4, 0.5) is 4.39 Å². The Morgan fingerprint density at radius 1 is 1.26 bits per heavy atom. The number of nitrogens with zero attached hydrogens (tertiary/aromatic N) is 1. The molecule has 2 aliphatic rings. The maximum atomic E-state index is 13.8. The number of amides is 1. The van der Waals surface area contributed by atoms with Gasteiger partial charge >= 0.3 is 5.97 Å². The average molecular weight is 367 g/mol. The van der Waals surface area contributed by atoms with Crippen molar-refractivity contribution in [3.8, 4) is 0 Å². The van der Waals surface area contributed by atoms with E-state index in [4.69, 9.17) is 4.74 Å². The molecule has 4 nitrogen and oxygen atoms in total. The molecule has 2 aromatic carbocycles. The first-order valence-corrected chi connectivity index (χ1v) is 9.17. The molecule has 1 fully saturated rings. The minimum absolute atomic E-state index is 0.0931. The third-order valence-corrected chi connectivity index (χ3v) is 5.93. The summed E-state index contributed by atoms with van der Waals surface area (Å²) in [5, 5.41) is 0. The molecular weight excluding hydrogens is 345 g/mol. The van der Waals surface area contributed by atoms with Crippen molar-refractivity contribution in [3.63, 3.8) is 0 Å². The lowest BCUT2D eigenvalue weighted by Gasteiger charge is -2.23. The highest BCUT2D eigenvalue weighted by molar-refractivity contribution is 5.93. The van der Waals surface area contributed by atoms with Crippen LogP contribution in [0.25, 0.3) is 0 Å². The number of benzene rings is 2. The number of ether oxygens (including phenoxy) is 1. The lowest BCUT2D eigenvalue weighted by atomic mass is 9.83. The molecule has 2 aromatic rings. The molecule has 140 valence electrons. The molecule has 1 saturated heterocycles. The standard InChI is InChI=1S/C22H22FNO3/c1-14-6-7-15(10-19(14)23)13-24-9-8-22(21(24)26)11-16-4-3-5-17(18(16)12-22)20(25)27-2/h3-7,10H,8-9,11-13H2,1-2H3. The number of hydrogen-bond donors (Lipinski definition) is 0. The number of rotatable bonds is 3. The minimum Gasteiger partial charge on any atom is -0.465 e. The summed E-state index contributed by atoms with van der Waals surface area (Å²) in [6.07, 6.45) is 1.95. The van der Waals surface area contributed by atoms with Crippen molar-refractivity contribution in [1.82, 2.24) is 4.90 Å². The Morgan fingerprint density at radius 3 is 2.81 bits per heavy atom. The summed E-state index contributed by atoms with van der Waals surface area (Å²) in [5.74, 6) is -0.512. The first-order valence-electron chi connectivity index (χ1n) is 9.17. The molecule has 0 N–H and O–H groups in total. The number of halogens is 1. The lowest BCUT2D eigenvalue weighted by molar-refractivity contribution is -0.136. The van der Waals surface area contributed by atoms with E-state index in [0.717, 1.165) is 23.1 Å². The number of esters is 1. The van der Waals surface area contributed by atoms with Crippen LogP contribution in [0, 0.1) is 18.2 Å². The first kappa shape index (κ1) is 17.7.